The molecule has 0 aliphatic carbocycles. The van der Waals surface area contributed by atoms with Gasteiger partial charge >= 0.3 is 19.8 Å². The summed E-state index contributed by atoms with van der Waals surface area (Å²) in [4.78, 5) is 28.4. The zero-order valence-electron chi connectivity index (χ0n) is 47.6. The fourth-order valence-corrected chi connectivity index (χ4v) is 11.5. The van der Waals surface area contributed by atoms with E-state index in [9.17, 15) is 9.59 Å². The number of fused-ring (bicyclic) bond motifs is 2. The van der Waals surface area contributed by atoms with Crippen molar-refractivity contribution in [2.45, 2.75) is 203 Å². The molecule has 0 radical (unpaired) electrons. The minimum absolute atomic E-state index is 0.165. The molecule has 0 bridgehead atoms. The van der Waals surface area contributed by atoms with Crippen molar-refractivity contribution in [3.63, 3.8) is 0 Å². The molecule has 5 aromatic rings. The van der Waals surface area contributed by atoms with Gasteiger partial charge in [0.2, 0.25) is 0 Å². The van der Waals surface area contributed by atoms with Gasteiger partial charge in [0, 0.05) is 27.8 Å². The van der Waals surface area contributed by atoms with Crippen molar-refractivity contribution >= 4 is 19.8 Å². The summed E-state index contributed by atoms with van der Waals surface area (Å²) in [6.45, 7) is 48.1. The monoisotopic (exact) mass is 997 g/mol. The number of esters is 2. The molecule has 0 saturated heterocycles. The molecule has 72 heavy (non-hydrogen) atoms. The Bertz CT molecular complexity index is 3030. The van der Waals surface area contributed by atoms with Crippen LogP contribution in [0.1, 0.15) is 215 Å². The third-order valence-corrected chi connectivity index (χ3v) is 15.8. The second kappa shape index (κ2) is 17.7. The Morgan fingerprint density at radius 3 is 1.38 bits per heavy atom. The van der Waals surface area contributed by atoms with E-state index in [1.165, 1.54) is 0 Å². The van der Waals surface area contributed by atoms with E-state index >= 15 is 4.57 Å². The highest BCUT2D eigenvalue weighted by Gasteiger charge is 2.50. The van der Waals surface area contributed by atoms with Gasteiger partial charge in [-0.1, -0.05) is 185 Å². The lowest BCUT2D eigenvalue weighted by molar-refractivity contribution is -0.136. The van der Waals surface area contributed by atoms with Gasteiger partial charge in [-0.2, -0.15) is 4.57 Å². The number of hydrogen-bond acceptors (Lipinski definition) is 8. The molecule has 2 heterocycles. The van der Waals surface area contributed by atoms with Gasteiger partial charge in [-0.15, -0.1) is 0 Å². The van der Waals surface area contributed by atoms with Gasteiger partial charge < -0.3 is 23.0 Å². The van der Waals surface area contributed by atoms with Crippen LogP contribution in [-0.2, 0) is 52.1 Å². The molecule has 386 valence electrons. The van der Waals surface area contributed by atoms with Crippen molar-refractivity contribution in [2.75, 3.05) is 0 Å². The molecular weight excluding hydrogens is 916 g/mol. The third kappa shape index (κ3) is 10.2. The first-order valence-electron chi connectivity index (χ1n) is 25.5. The zero-order chi connectivity index (χ0) is 54.0. The van der Waals surface area contributed by atoms with E-state index in [2.05, 4.69) is 155 Å². The maximum Gasteiger partial charge on any atom is 0.647 e. The molecule has 2 aliphatic heterocycles. The van der Waals surface area contributed by atoms with Gasteiger partial charge in [0.25, 0.3) is 0 Å². The number of hydrogen-bond donors (Lipinski definition) is 0. The first-order valence-corrected chi connectivity index (χ1v) is 27.0. The van der Waals surface area contributed by atoms with Crippen LogP contribution in [0.2, 0.25) is 0 Å². The van der Waals surface area contributed by atoms with Crippen LogP contribution in [-0.4, -0.2) is 11.9 Å². The maximum absolute atomic E-state index is 16.0. The van der Waals surface area contributed by atoms with Crippen LogP contribution in [0.4, 0.5) is 0 Å². The number of benzene rings is 5. The van der Waals surface area contributed by atoms with E-state index in [-0.39, 0.29) is 39.0 Å². The molecule has 0 fully saturated rings. The smallest absolute Gasteiger partial charge is 0.425 e. The van der Waals surface area contributed by atoms with Crippen molar-refractivity contribution < 1.29 is 37.2 Å². The quantitative estimate of drug-likeness (QED) is 0.0861. The predicted octanol–water partition coefficient (Wildman–Crippen LogP) is 16.6. The molecular formula is C63H81O8P. The fraction of sp³-hybridized carbons (Fsp3) is 0.492. The average molecular weight is 997 g/mol. The van der Waals surface area contributed by atoms with Crippen molar-refractivity contribution in [1.82, 2.24) is 0 Å². The normalized spacial score (nSPS) is 18.3. The topological polar surface area (TPSA) is 97.4 Å². The van der Waals surface area contributed by atoms with Crippen molar-refractivity contribution in [1.29, 1.82) is 0 Å². The minimum Gasteiger partial charge on any atom is -0.425 e. The highest BCUT2D eigenvalue weighted by molar-refractivity contribution is 7.49. The number of carbonyl (C=O) groups excluding carboxylic acids is 2. The average Bonchev–Trinajstić information content (AvgIpc) is 3.69. The first-order chi connectivity index (χ1) is 32.6. The van der Waals surface area contributed by atoms with Crippen LogP contribution in [0.5, 0.6) is 28.7 Å². The molecule has 0 saturated carbocycles. The number of aryl methyl sites for hydroxylation is 4. The zero-order valence-corrected chi connectivity index (χ0v) is 48.5. The van der Waals surface area contributed by atoms with E-state index in [0.717, 1.165) is 55.6 Å². The van der Waals surface area contributed by atoms with Gasteiger partial charge in [-0.05, 0) is 123 Å². The molecule has 0 aromatic heterocycles. The second-order valence-corrected chi connectivity index (χ2v) is 28.5. The summed E-state index contributed by atoms with van der Waals surface area (Å²) in [7, 11) is -4.66. The maximum atomic E-state index is 16.0. The van der Waals surface area contributed by atoms with E-state index in [0.29, 0.717) is 51.0 Å². The highest BCUT2D eigenvalue weighted by atomic mass is 31.2. The highest BCUT2D eigenvalue weighted by Crippen LogP contribution is 2.57. The number of phosphoric acid groups is 1. The molecule has 7 rings (SSSR count). The summed E-state index contributed by atoms with van der Waals surface area (Å²) >= 11 is 0. The van der Waals surface area contributed by atoms with Gasteiger partial charge in [0.05, 0.1) is 0 Å². The van der Waals surface area contributed by atoms with E-state index in [4.69, 9.17) is 23.0 Å². The molecule has 5 aromatic carbocycles. The van der Waals surface area contributed by atoms with E-state index in [1.54, 1.807) is 0 Å². The van der Waals surface area contributed by atoms with Crippen molar-refractivity contribution in [2.24, 2.45) is 0 Å². The summed E-state index contributed by atoms with van der Waals surface area (Å²) in [6.07, 6.45) is 0. The lowest BCUT2D eigenvalue weighted by Gasteiger charge is -2.30. The Hall–Kier alpha value is -5.33. The van der Waals surface area contributed by atoms with Crippen LogP contribution in [0, 0.1) is 27.7 Å². The molecule has 9 heteroatoms. The largest absolute Gasteiger partial charge is 0.647 e. The summed E-state index contributed by atoms with van der Waals surface area (Å²) in [6, 6.07) is 22.2. The standard InChI is InChI=1S/C63H81O8P/c1-35-26-39(50-44-30-41(58(8,9)10)32-46(61(17,18)19)53(44)67-55(50)64)27-36(2)51(35)70-72(66,69-49-25-24-40(57(5,6)7)31-45(49)60(14,15)16)71-52-37(3)28-43(29-38(52)4)63(23)48-34-42(59(11,12)13)33-47(62(20,21)22)54(48)68-56(63)65/h24-34,50H,1-23H3. The Labute approximate surface area is 431 Å². The van der Waals surface area contributed by atoms with Crippen LogP contribution in [0.25, 0.3) is 0 Å². The molecule has 2 aliphatic rings. The summed E-state index contributed by atoms with van der Waals surface area (Å²) in [5.41, 5.74) is 9.12. The number of phosphoric ester groups is 1. The van der Waals surface area contributed by atoms with E-state index in [1.807, 2.05) is 71.0 Å². The molecule has 8 nitrogen and oxygen atoms in total. The Morgan fingerprint density at radius 1 is 0.486 bits per heavy atom. The SMILES string of the molecule is Cc1cc(C2C(=O)Oc3c2cc(C(C)(C)C)cc3C(C)(C)C)cc(C)c1OP(=O)(Oc1ccc(C(C)(C)C)cc1C(C)(C)C)Oc1c(C)cc(C2(C)C(=O)Oc3c(C(C)(C)C)cc(C(C)(C)C)cc32)cc1C. The summed E-state index contributed by atoms with van der Waals surface area (Å²) in [5, 5.41) is 0. The second-order valence-electron chi connectivity index (χ2n) is 27.1. The van der Waals surface area contributed by atoms with Gasteiger partial charge in [-0.25, -0.2) is 0 Å². The van der Waals surface area contributed by atoms with Crippen LogP contribution in [0.3, 0.4) is 0 Å². The fourth-order valence-electron chi connectivity index (χ4n) is 9.99. The van der Waals surface area contributed by atoms with Crippen LogP contribution < -0.4 is 23.0 Å². The van der Waals surface area contributed by atoms with E-state index < -0.39 is 24.6 Å². The molecule has 3 atom stereocenters. The molecule has 0 amide bonds. The number of ether oxygens (including phenoxy) is 2. The lowest BCUT2D eigenvalue weighted by atomic mass is 9.72. The van der Waals surface area contributed by atoms with Crippen LogP contribution >= 0.6 is 7.82 Å². The van der Waals surface area contributed by atoms with Gasteiger partial charge in [0.15, 0.2) is 0 Å². The van der Waals surface area contributed by atoms with Gasteiger partial charge in [0.1, 0.15) is 40.1 Å². The number of carbonyl (C=O) groups is 2. The van der Waals surface area contributed by atoms with Gasteiger partial charge in [-0.3, -0.25) is 9.59 Å². The molecule has 0 N–H and O–H groups in total. The van der Waals surface area contributed by atoms with Crippen molar-refractivity contribution in [3.8, 4) is 28.7 Å². The Balaban J connectivity index is 1.36. The first kappa shape index (κ1) is 54.4. The number of rotatable bonds is 8. The Morgan fingerprint density at radius 2 is 0.917 bits per heavy atom. The minimum atomic E-state index is -4.66. The predicted molar refractivity (Wildman–Crippen MR) is 292 cm³/mol. The summed E-state index contributed by atoms with van der Waals surface area (Å²) < 4.78 is 48.5. The van der Waals surface area contributed by atoms with Crippen LogP contribution in [0.15, 0.2) is 66.7 Å². The molecule has 3 unspecified atom stereocenters. The van der Waals surface area contributed by atoms with Crippen molar-refractivity contribution in [3.05, 3.63) is 145 Å². The molecule has 0 spiro atoms. The summed E-state index contributed by atoms with van der Waals surface area (Å²) in [5.74, 6) is 0.818. The third-order valence-electron chi connectivity index (χ3n) is 14.6. The lowest BCUT2D eigenvalue weighted by Crippen LogP contribution is -2.32. The Kier molecular flexibility index (Phi) is 13.4.